The number of carbonyl (C=O) groups is 2. The molecule has 90 valence electrons. The summed E-state index contributed by atoms with van der Waals surface area (Å²) in [5, 5.41) is 0. The van der Waals surface area contributed by atoms with Gasteiger partial charge in [0.25, 0.3) is 0 Å². The number of esters is 2. The van der Waals surface area contributed by atoms with Gasteiger partial charge in [0.1, 0.15) is 0 Å². The second-order valence-electron chi connectivity index (χ2n) is 5.67. The molecule has 0 aromatic heterocycles. The lowest BCUT2D eigenvalue weighted by molar-refractivity contribution is -0.168. The van der Waals surface area contributed by atoms with Crippen molar-refractivity contribution in [3.8, 4) is 0 Å². The molecule has 0 amide bonds. The zero-order valence-electron chi connectivity index (χ0n) is 9.99. The molecule has 1 atom stereocenters. The molecule has 0 aromatic rings. The average molecular weight is 225 g/mol. The molecule has 1 unspecified atom stereocenters. The molecule has 4 heteroatoms. The first kappa shape index (κ1) is 11.6. The molecule has 16 heavy (non-hydrogen) atoms. The van der Waals surface area contributed by atoms with Gasteiger partial charge in [0.15, 0.2) is 0 Å². The maximum Gasteiger partial charge on any atom is 0.327 e. The third-order valence-corrected chi connectivity index (χ3v) is 3.59. The van der Waals surface area contributed by atoms with Crippen molar-refractivity contribution in [1.29, 1.82) is 0 Å². The first-order valence-corrected chi connectivity index (χ1v) is 5.94. The molecule has 1 heterocycles. The molecular formula is C12H19NO3. The minimum atomic E-state index is -0.403. The van der Waals surface area contributed by atoms with Crippen LogP contribution in [-0.4, -0.2) is 36.0 Å². The van der Waals surface area contributed by atoms with E-state index in [9.17, 15) is 9.59 Å². The highest BCUT2D eigenvalue weighted by atomic mass is 16.6. The van der Waals surface area contributed by atoms with Gasteiger partial charge in [0.05, 0.1) is 13.1 Å². The van der Waals surface area contributed by atoms with Gasteiger partial charge in [0, 0.05) is 6.04 Å². The van der Waals surface area contributed by atoms with Gasteiger partial charge in [-0.15, -0.1) is 0 Å². The summed E-state index contributed by atoms with van der Waals surface area (Å²) >= 11 is 0. The maximum atomic E-state index is 11.2. The van der Waals surface area contributed by atoms with Gasteiger partial charge in [0.2, 0.25) is 0 Å². The third kappa shape index (κ3) is 2.61. The van der Waals surface area contributed by atoms with E-state index < -0.39 is 11.9 Å². The molecule has 0 bridgehead atoms. The van der Waals surface area contributed by atoms with Crippen molar-refractivity contribution in [2.45, 2.75) is 45.6 Å². The van der Waals surface area contributed by atoms with Gasteiger partial charge in [-0.1, -0.05) is 20.3 Å². The first-order chi connectivity index (χ1) is 7.46. The maximum absolute atomic E-state index is 11.2. The molecule has 2 fully saturated rings. The summed E-state index contributed by atoms with van der Waals surface area (Å²) < 4.78 is 4.54. The highest BCUT2D eigenvalue weighted by molar-refractivity contribution is 5.90. The summed E-state index contributed by atoms with van der Waals surface area (Å²) in [6.07, 6.45) is 4.56. The van der Waals surface area contributed by atoms with E-state index in [-0.39, 0.29) is 13.1 Å². The summed E-state index contributed by atoms with van der Waals surface area (Å²) in [5.74, 6) is -0.806. The lowest BCUT2D eigenvalue weighted by Crippen LogP contribution is -2.50. The highest BCUT2D eigenvalue weighted by Gasteiger charge is 2.35. The average Bonchev–Trinajstić information content (AvgIpc) is 2.14. The van der Waals surface area contributed by atoms with E-state index in [0.29, 0.717) is 11.5 Å². The van der Waals surface area contributed by atoms with Crippen molar-refractivity contribution in [2.24, 2.45) is 5.41 Å². The number of morpholine rings is 1. The Hall–Kier alpha value is -0.900. The van der Waals surface area contributed by atoms with E-state index in [4.69, 9.17) is 0 Å². The normalized spacial score (nSPS) is 31.2. The predicted molar refractivity (Wildman–Crippen MR) is 58.7 cm³/mol. The summed E-state index contributed by atoms with van der Waals surface area (Å²) in [7, 11) is 0. The van der Waals surface area contributed by atoms with Crippen LogP contribution in [0.4, 0.5) is 0 Å². The Morgan fingerprint density at radius 3 is 2.44 bits per heavy atom. The zero-order chi connectivity index (χ0) is 11.8. The lowest BCUT2D eigenvalue weighted by Gasteiger charge is -2.41. The van der Waals surface area contributed by atoms with Crippen molar-refractivity contribution >= 4 is 11.9 Å². The van der Waals surface area contributed by atoms with Crippen molar-refractivity contribution in [1.82, 2.24) is 4.90 Å². The van der Waals surface area contributed by atoms with Crippen LogP contribution >= 0.6 is 0 Å². The monoisotopic (exact) mass is 225 g/mol. The number of ether oxygens (including phenoxy) is 1. The molecular weight excluding hydrogens is 206 g/mol. The van der Waals surface area contributed by atoms with Crippen LogP contribution in [0, 0.1) is 5.41 Å². The minimum absolute atomic E-state index is 0.270. The van der Waals surface area contributed by atoms with Crippen molar-refractivity contribution in [3.05, 3.63) is 0 Å². The van der Waals surface area contributed by atoms with Crippen molar-refractivity contribution < 1.29 is 14.3 Å². The van der Waals surface area contributed by atoms with E-state index in [0.717, 1.165) is 12.8 Å². The highest BCUT2D eigenvalue weighted by Crippen LogP contribution is 2.37. The standard InChI is InChI=1S/C12H19NO3/c1-12(2)5-3-4-9(6-12)13-7-10(14)16-11(15)8-13/h9H,3-8H2,1-2H3. The van der Waals surface area contributed by atoms with Gasteiger partial charge in [-0.05, 0) is 24.7 Å². The second kappa shape index (κ2) is 4.17. The Balaban J connectivity index is 2.01. The molecule has 1 aliphatic carbocycles. The Labute approximate surface area is 95.9 Å². The summed E-state index contributed by atoms with van der Waals surface area (Å²) in [6.45, 7) is 5.05. The first-order valence-electron chi connectivity index (χ1n) is 5.94. The molecule has 4 nitrogen and oxygen atoms in total. The van der Waals surface area contributed by atoms with Gasteiger partial charge in [-0.25, -0.2) is 0 Å². The fourth-order valence-corrected chi connectivity index (χ4v) is 2.81. The van der Waals surface area contributed by atoms with Gasteiger partial charge >= 0.3 is 11.9 Å². The van der Waals surface area contributed by atoms with Crippen LogP contribution in [0.5, 0.6) is 0 Å². The van der Waals surface area contributed by atoms with Gasteiger partial charge in [-0.2, -0.15) is 0 Å². The molecule has 2 rings (SSSR count). The number of hydrogen-bond acceptors (Lipinski definition) is 4. The number of cyclic esters (lactones) is 2. The topological polar surface area (TPSA) is 46.6 Å². The van der Waals surface area contributed by atoms with Crippen LogP contribution in [0.1, 0.15) is 39.5 Å². The summed E-state index contributed by atoms with van der Waals surface area (Å²) in [6, 6.07) is 0.362. The fourth-order valence-electron chi connectivity index (χ4n) is 2.81. The van der Waals surface area contributed by atoms with Gasteiger partial charge in [-0.3, -0.25) is 14.5 Å². The molecule has 1 saturated heterocycles. The third-order valence-electron chi connectivity index (χ3n) is 3.59. The van der Waals surface area contributed by atoms with Crippen LogP contribution in [0.3, 0.4) is 0 Å². The Bertz CT molecular complexity index is 295. The minimum Gasteiger partial charge on any atom is -0.391 e. The predicted octanol–water partition coefficient (Wildman–Crippen LogP) is 1.34. The summed E-state index contributed by atoms with van der Waals surface area (Å²) in [5.41, 5.74) is 0.327. The largest absolute Gasteiger partial charge is 0.391 e. The second-order valence-corrected chi connectivity index (χ2v) is 5.67. The molecule has 1 saturated carbocycles. The van der Waals surface area contributed by atoms with Crippen molar-refractivity contribution in [3.63, 3.8) is 0 Å². The van der Waals surface area contributed by atoms with Crippen LogP contribution in [0.25, 0.3) is 0 Å². The van der Waals surface area contributed by atoms with Crippen LogP contribution in [-0.2, 0) is 14.3 Å². The van der Waals surface area contributed by atoms with E-state index >= 15 is 0 Å². The molecule has 0 radical (unpaired) electrons. The number of hydrogen-bond donors (Lipinski definition) is 0. The smallest absolute Gasteiger partial charge is 0.327 e. The van der Waals surface area contributed by atoms with E-state index in [2.05, 4.69) is 18.6 Å². The quantitative estimate of drug-likeness (QED) is 0.499. The number of carbonyl (C=O) groups excluding carboxylic acids is 2. The van der Waals surface area contributed by atoms with E-state index in [1.807, 2.05) is 4.90 Å². The van der Waals surface area contributed by atoms with Gasteiger partial charge < -0.3 is 4.74 Å². The lowest BCUT2D eigenvalue weighted by atomic mass is 9.74. The number of nitrogens with zero attached hydrogens (tertiary/aromatic N) is 1. The molecule has 0 spiro atoms. The number of rotatable bonds is 1. The summed E-state index contributed by atoms with van der Waals surface area (Å²) in [4.78, 5) is 24.4. The van der Waals surface area contributed by atoms with Crippen LogP contribution in [0.2, 0.25) is 0 Å². The van der Waals surface area contributed by atoms with E-state index in [1.54, 1.807) is 0 Å². The van der Waals surface area contributed by atoms with Crippen LogP contribution < -0.4 is 0 Å². The van der Waals surface area contributed by atoms with E-state index in [1.165, 1.54) is 12.8 Å². The molecule has 0 N–H and O–H groups in total. The molecule has 2 aliphatic rings. The Morgan fingerprint density at radius 1 is 1.25 bits per heavy atom. The Morgan fingerprint density at radius 2 is 1.88 bits per heavy atom. The molecule has 1 aliphatic heterocycles. The molecule has 0 aromatic carbocycles. The van der Waals surface area contributed by atoms with Crippen molar-refractivity contribution in [2.75, 3.05) is 13.1 Å². The Kier molecular flexibility index (Phi) is 3.02. The van der Waals surface area contributed by atoms with Crippen LogP contribution in [0.15, 0.2) is 0 Å². The SMILES string of the molecule is CC1(C)CCCC(N2CC(=O)OC(=O)C2)C1. The zero-order valence-corrected chi connectivity index (χ0v) is 9.99. The fraction of sp³-hybridized carbons (Fsp3) is 0.833.